The fourth-order valence-corrected chi connectivity index (χ4v) is 5.27. The molecule has 0 radical (unpaired) electrons. The largest absolute Gasteiger partial charge is 0.399 e. The van der Waals surface area contributed by atoms with Crippen LogP contribution in [0.1, 0.15) is 59.7 Å². The number of nitrogens with one attached hydrogen (secondary N) is 2. The molecule has 4 aromatic carbocycles. The quantitative estimate of drug-likeness (QED) is 0.242. The van der Waals surface area contributed by atoms with Gasteiger partial charge in [0.25, 0.3) is 0 Å². The SMILES string of the molecule is Cc1cc(C)c(Nc2ccc(Nc3c(C)cc(N)cc3C)c3c2C(=O)c2ccccc2C3=O)c(C)c1. The van der Waals surface area contributed by atoms with Crippen molar-refractivity contribution in [3.05, 3.63) is 111 Å². The summed E-state index contributed by atoms with van der Waals surface area (Å²) in [4.78, 5) is 27.7. The van der Waals surface area contributed by atoms with Gasteiger partial charge in [0.1, 0.15) is 0 Å². The third kappa shape index (κ3) is 3.83. The first-order valence-electron chi connectivity index (χ1n) is 12.0. The Hall–Kier alpha value is -4.38. The van der Waals surface area contributed by atoms with Gasteiger partial charge in [0.2, 0.25) is 0 Å². The summed E-state index contributed by atoms with van der Waals surface area (Å²) in [6, 6.07) is 18.8. The van der Waals surface area contributed by atoms with Gasteiger partial charge in [-0.05, 0) is 81.1 Å². The lowest BCUT2D eigenvalue weighted by molar-refractivity contribution is 0.0980. The van der Waals surface area contributed by atoms with Crippen molar-refractivity contribution in [3.63, 3.8) is 0 Å². The molecule has 5 heteroatoms. The summed E-state index contributed by atoms with van der Waals surface area (Å²) in [6.45, 7) is 10.1. The average molecular weight is 476 g/mol. The molecular weight excluding hydrogens is 446 g/mol. The van der Waals surface area contributed by atoms with Crippen molar-refractivity contribution in [1.82, 2.24) is 0 Å². The number of hydrogen-bond acceptors (Lipinski definition) is 5. The van der Waals surface area contributed by atoms with E-state index in [1.807, 2.05) is 52.0 Å². The molecule has 180 valence electrons. The Balaban J connectivity index is 1.71. The van der Waals surface area contributed by atoms with Crippen molar-refractivity contribution >= 4 is 40.0 Å². The van der Waals surface area contributed by atoms with Crippen LogP contribution < -0.4 is 16.4 Å². The molecule has 0 fully saturated rings. The maximum atomic E-state index is 13.8. The lowest BCUT2D eigenvalue weighted by atomic mass is 9.82. The zero-order chi connectivity index (χ0) is 25.7. The summed E-state index contributed by atoms with van der Waals surface area (Å²) < 4.78 is 0. The van der Waals surface area contributed by atoms with Crippen LogP contribution in [-0.4, -0.2) is 11.6 Å². The molecule has 1 aliphatic carbocycles. The number of anilines is 5. The number of carbonyl (C=O) groups excluding carboxylic acids is 2. The molecule has 4 aromatic rings. The topological polar surface area (TPSA) is 84.2 Å². The van der Waals surface area contributed by atoms with Gasteiger partial charge in [0.15, 0.2) is 11.6 Å². The number of nitrogens with two attached hydrogens (primary N) is 1. The van der Waals surface area contributed by atoms with Crippen LogP contribution in [0.5, 0.6) is 0 Å². The highest BCUT2D eigenvalue weighted by atomic mass is 16.1. The smallest absolute Gasteiger partial charge is 0.196 e. The number of rotatable bonds is 4. The molecule has 0 saturated carbocycles. The van der Waals surface area contributed by atoms with Crippen molar-refractivity contribution in [2.24, 2.45) is 0 Å². The number of ketones is 2. The zero-order valence-electron chi connectivity index (χ0n) is 21.2. The van der Waals surface area contributed by atoms with Crippen molar-refractivity contribution in [2.75, 3.05) is 16.4 Å². The normalized spacial score (nSPS) is 12.2. The lowest BCUT2D eigenvalue weighted by Crippen LogP contribution is -2.23. The Morgan fingerprint density at radius 3 is 1.39 bits per heavy atom. The molecule has 0 bridgehead atoms. The van der Waals surface area contributed by atoms with Crippen LogP contribution in [0.3, 0.4) is 0 Å². The van der Waals surface area contributed by atoms with Crippen LogP contribution in [0.15, 0.2) is 60.7 Å². The Morgan fingerprint density at radius 1 is 0.583 bits per heavy atom. The second kappa shape index (κ2) is 8.68. The minimum absolute atomic E-state index is 0.167. The van der Waals surface area contributed by atoms with Gasteiger partial charge in [-0.25, -0.2) is 0 Å². The number of hydrogen-bond donors (Lipinski definition) is 3. The van der Waals surface area contributed by atoms with E-state index in [1.54, 1.807) is 24.3 Å². The third-order valence-electron chi connectivity index (χ3n) is 6.83. The van der Waals surface area contributed by atoms with E-state index in [0.717, 1.165) is 33.6 Å². The molecule has 1 aliphatic rings. The van der Waals surface area contributed by atoms with E-state index in [1.165, 1.54) is 5.56 Å². The van der Waals surface area contributed by atoms with Gasteiger partial charge in [-0.1, -0.05) is 42.0 Å². The fraction of sp³-hybridized carbons (Fsp3) is 0.161. The van der Waals surface area contributed by atoms with Crippen LogP contribution >= 0.6 is 0 Å². The molecule has 36 heavy (non-hydrogen) atoms. The Kier molecular flexibility index (Phi) is 5.64. The van der Waals surface area contributed by atoms with Crippen molar-refractivity contribution in [1.29, 1.82) is 0 Å². The molecule has 0 heterocycles. The van der Waals surface area contributed by atoms with Gasteiger partial charge >= 0.3 is 0 Å². The molecule has 0 aliphatic heterocycles. The van der Waals surface area contributed by atoms with Crippen LogP contribution in [0.25, 0.3) is 0 Å². The first kappa shape index (κ1) is 23.4. The van der Waals surface area contributed by atoms with E-state index in [4.69, 9.17) is 5.73 Å². The highest BCUT2D eigenvalue weighted by Gasteiger charge is 2.34. The van der Waals surface area contributed by atoms with Crippen LogP contribution in [-0.2, 0) is 0 Å². The molecule has 0 atom stereocenters. The molecular formula is C31H29N3O2. The molecule has 5 nitrogen and oxygen atoms in total. The second-order valence-electron chi connectivity index (χ2n) is 9.67. The summed E-state index contributed by atoms with van der Waals surface area (Å²) in [5, 5.41) is 6.92. The van der Waals surface area contributed by atoms with Crippen molar-refractivity contribution in [2.45, 2.75) is 34.6 Å². The molecule has 0 aromatic heterocycles. The number of fused-ring (bicyclic) bond motifs is 2. The summed E-state index contributed by atoms with van der Waals surface area (Å²) in [5.41, 5.74) is 16.6. The standard InChI is InChI=1S/C31H29N3O2/c1-16-12-17(2)28(18(3)13-16)33-24-10-11-25(34-29-19(4)14-21(32)15-20(29)5)27-26(24)30(35)22-8-6-7-9-23(22)31(27)36/h6-15,33-34H,32H2,1-5H3. The Labute approximate surface area is 211 Å². The summed E-state index contributed by atoms with van der Waals surface area (Å²) in [6.07, 6.45) is 0. The van der Waals surface area contributed by atoms with E-state index in [-0.39, 0.29) is 11.6 Å². The molecule has 0 amide bonds. The van der Waals surface area contributed by atoms with Gasteiger partial charge in [0.05, 0.1) is 22.5 Å². The second-order valence-corrected chi connectivity index (χ2v) is 9.67. The monoisotopic (exact) mass is 475 g/mol. The highest BCUT2D eigenvalue weighted by Crippen LogP contribution is 2.40. The van der Waals surface area contributed by atoms with Crippen molar-refractivity contribution < 1.29 is 9.59 Å². The number of nitrogen functional groups attached to an aromatic ring is 1. The van der Waals surface area contributed by atoms with E-state index < -0.39 is 0 Å². The average Bonchev–Trinajstić information content (AvgIpc) is 2.82. The maximum absolute atomic E-state index is 13.8. The number of benzene rings is 4. The van der Waals surface area contributed by atoms with Crippen LogP contribution in [0, 0.1) is 34.6 Å². The van der Waals surface area contributed by atoms with Gasteiger partial charge in [-0.15, -0.1) is 0 Å². The van der Waals surface area contributed by atoms with Crippen molar-refractivity contribution in [3.8, 4) is 0 Å². The van der Waals surface area contributed by atoms with Gasteiger partial charge in [-0.3, -0.25) is 9.59 Å². The van der Waals surface area contributed by atoms with E-state index in [2.05, 4.69) is 29.7 Å². The molecule has 0 spiro atoms. The van der Waals surface area contributed by atoms with E-state index >= 15 is 0 Å². The van der Waals surface area contributed by atoms with E-state index in [9.17, 15) is 9.59 Å². The molecule has 0 unspecified atom stereocenters. The van der Waals surface area contributed by atoms with Gasteiger partial charge in [-0.2, -0.15) is 0 Å². The predicted molar refractivity (Wildman–Crippen MR) is 147 cm³/mol. The number of aryl methyl sites for hydroxylation is 5. The molecule has 5 rings (SSSR count). The highest BCUT2D eigenvalue weighted by molar-refractivity contribution is 6.32. The first-order chi connectivity index (χ1) is 17.2. The summed E-state index contributed by atoms with van der Waals surface area (Å²) in [5.74, 6) is -0.339. The molecule has 0 saturated heterocycles. The zero-order valence-corrected chi connectivity index (χ0v) is 21.2. The van der Waals surface area contributed by atoms with Crippen LogP contribution in [0.4, 0.5) is 28.4 Å². The first-order valence-corrected chi connectivity index (χ1v) is 12.0. The fourth-order valence-electron chi connectivity index (χ4n) is 5.27. The maximum Gasteiger partial charge on any atom is 0.196 e. The Morgan fingerprint density at radius 2 is 0.972 bits per heavy atom. The summed E-state index contributed by atoms with van der Waals surface area (Å²) in [7, 11) is 0. The van der Waals surface area contributed by atoms with Crippen LogP contribution in [0.2, 0.25) is 0 Å². The summed E-state index contributed by atoms with van der Waals surface area (Å²) >= 11 is 0. The minimum Gasteiger partial charge on any atom is -0.399 e. The lowest BCUT2D eigenvalue weighted by Gasteiger charge is -2.25. The van der Waals surface area contributed by atoms with Gasteiger partial charge in [0, 0.05) is 28.2 Å². The minimum atomic E-state index is -0.172. The molecule has 4 N–H and O–H groups in total. The number of carbonyl (C=O) groups is 2. The van der Waals surface area contributed by atoms with Gasteiger partial charge < -0.3 is 16.4 Å². The van der Waals surface area contributed by atoms with E-state index in [0.29, 0.717) is 39.3 Å². The predicted octanol–water partition coefficient (Wildman–Crippen LogP) is 7.07. The Bertz CT molecular complexity index is 1420. The third-order valence-corrected chi connectivity index (χ3v) is 6.83.